The summed E-state index contributed by atoms with van der Waals surface area (Å²) < 4.78 is 7.50. The Morgan fingerprint density at radius 2 is 2.12 bits per heavy atom. The predicted octanol–water partition coefficient (Wildman–Crippen LogP) is 4.55. The largest absolute Gasteiger partial charge is 0.377 e. The first kappa shape index (κ1) is 14.4. The van der Waals surface area contributed by atoms with E-state index in [2.05, 4.69) is 56.5 Å². The molecule has 0 saturated heterocycles. The van der Waals surface area contributed by atoms with Crippen molar-refractivity contribution in [1.29, 1.82) is 0 Å². The summed E-state index contributed by atoms with van der Waals surface area (Å²) >= 11 is 5.60. The Bertz CT molecular complexity index is 300. The molecule has 0 bridgehead atoms. The van der Waals surface area contributed by atoms with Gasteiger partial charge < -0.3 is 4.74 Å². The lowest BCUT2D eigenvalue weighted by Gasteiger charge is -2.05. The van der Waals surface area contributed by atoms with Crippen molar-refractivity contribution >= 4 is 38.5 Å². The van der Waals surface area contributed by atoms with E-state index in [1.807, 2.05) is 6.07 Å². The molecule has 4 heteroatoms. The number of unbranched alkanes of at least 4 members (excludes halogenated alkanes) is 3. The maximum atomic E-state index is 5.62. The van der Waals surface area contributed by atoms with Gasteiger partial charge in [-0.15, -0.1) is 0 Å². The Labute approximate surface area is 119 Å². The first-order chi connectivity index (χ1) is 7.72. The number of halogens is 2. The topological polar surface area (TPSA) is 22.1 Å². The first-order valence-electron chi connectivity index (χ1n) is 5.62. The summed E-state index contributed by atoms with van der Waals surface area (Å²) in [4.78, 5) is 4.25. The Morgan fingerprint density at radius 3 is 2.81 bits per heavy atom. The number of nitrogens with zero attached hydrogens (tertiary/aromatic N) is 1. The Morgan fingerprint density at radius 1 is 1.31 bits per heavy atom. The molecule has 1 heterocycles. The molecule has 0 radical (unpaired) electrons. The third kappa shape index (κ3) is 6.15. The summed E-state index contributed by atoms with van der Waals surface area (Å²) in [5, 5.41) is 0. The molecule has 16 heavy (non-hydrogen) atoms. The van der Waals surface area contributed by atoms with Crippen LogP contribution in [0, 0.1) is 3.70 Å². The minimum Gasteiger partial charge on any atom is -0.377 e. The van der Waals surface area contributed by atoms with Crippen LogP contribution in [0.1, 0.15) is 38.2 Å². The fraction of sp³-hybridized carbons (Fsp3) is 0.583. The van der Waals surface area contributed by atoms with Crippen LogP contribution in [-0.2, 0) is 11.3 Å². The van der Waals surface area contributed by atoms with Gasteiger partial charge in [0.15, 0.2) is 0 Å². The van der Waals surface area contributed by atoms with Crippen molar-refractivity contribution in [2.45, 2.75) is 39.2 Å². The quantitative estimate of drug-likeness (QED) is 0.382. The molecule has 0 N–H and O–H groups in total. The third-order valence-corrected chi connectivity index (χ3v) is 3.19. The van der Waals surface area contributed by atoms with E-state index < -0.39 is 0 Å². The molecule has 0 aliphatic carbocycles. The van der Waals surface area contributed by atoms with Gasteiger partial charge in [-0.05, 0) is 62.6 Å². The second-order valence-electron chi connectivity index (χ2n) is 3.73. The van der Waals surface area contributed by atoms with E-state index in [1.165, 1.54) is 24.8 Å². The van der Waals surface area contributed by atoms with Crippen LogP contribution in [0.5, 0.6) is 0 Å². The van der Waals surface area contributed by atoms with Crippen LogP contribution >= 0.6 is 38.5 Å². The summed E-state index contributed by atoms with van der Waals surface area (Å²) in [6, 6.07) is 4.06. The zero-order valence-electron chi connectivity index (χ0n) is 9.51. The molecule has 2 nitrogen and oxygen atoms in total. The first-order valence-corrected chi connectivity index (χ1v) is 7.49. The highest BCUT2D eigenvalue weighted by atomic mass is 127. The van der Waals surface area contributed by atoms with Crippen molar-refractivity contribution in [3.63, 3.8) is 0 Å². The van der Waals surface area contributed by atoms with E-state index in [4.69, 9.17) is 4.74 Å². The molecule has 0 aliphatic rings. The lowest BCUT2D eigenvalue weighted by Crippen LogP contribution is -1.97. The zero-order chi connectivity index (χ0) is 11.8. The van der Waals surface area contributed by atoms with Gasteiger partial charge in [0.05, 0.1) is 6.61 Å². The minimum absolute atomic E-state index is 0.684. The molecule has 0 spiro atoms. The van der Waals surface area contributed by atoms with Crippen molar-refractivity contribution in [1.82, 2.24) is 4.98 Å². The molecule has 0 unspecified atom stereocenters. The van der Waals surface area contributed by atoms with Gasteiger partial charge in [0.2, 0.25) is 0 Å². The number of aromatic nitrogens is 1. The number of hydrogen-bond donors (Lipinski definition) is 0. The van der Waals surface area contributed by atoms with Crippen molar-refractivity contribution in [3.05, 3.63) is 26.0 Å². The Kier molecular flexibility index (Phi) is 7.56. The molecule has 1 rings (SSSR count). The average molecular weight is 398 g/mol. The molecule has 0 amide bonds. The monoisotopic (exact) mass is 397 g/mol. The van der Waals surface area contributed by atoms with E-state index in [1.54, 1.807) is 0 Å². The lowest BCUT2D eigenvalue weighted by atomic mass is 10.2. The molecule has 90 valence electrons. The highest BCUT2D eigenvalue weighted by Gasteiger charge is 1.99. The minimum atomic E-state index is 0.684. The fourth-order valence-corrected chi connectivity index (χ4v) is 2.89. The molecule has 0 saturated carbocycles. The SMILES string of the molecule is CCCCCCOCc1cc(Br)nc(I)c1. The number of ether oxygens (including phenoxy) is 1. The van der Waals surface area contributed by atoms with Crippen molar-refractivity contribution < 1.29 is 4.74 Å². The van der Waals surface area contributed by atoms with E-state index in [0.717, 1.165) is 21.3 Å². The summed E-state index contributed by atoms with van der Waals surface area (Å²) in [5.41, 5.74) is 1.18. The van der Waals surface area contributed by atoms with Crippen LogP contribution < -0.4 is 0 Å². The van der Waals surface area contributed by atoms with Gasteiger partial charge in [-0.2, -0.15) is 0 Å². The van der Waals surface area contributed by atoms with Gasteiger partial charge in [0, 0.05) is 6.61 Å². The molecule has 0 aromatic carbocycles. The summed E-state index contributed by atoms with van der Waals surface area (Å²) in [6.45, 7) is 3.76. The summed E-state index contributed by atoms with van der Waals surface area (Å²) in [7, 11) is 0. The summed E-state index contributed by atoms with van der Waals surface area (Å²) in [6.07, 6.45) is 5.02. The van der Waals surface area contributed by atoms with Crippen LogP contribution in [-0.4, -0.2) is 11.6 Å². The smallest absolute Gasteiger partial charge is 0.107 e. The van der Waals surface area contributed by atoms with Gasteiger partial charge in [-0.3, -0.25) is 0 Å². The third-order valence-electron chi connectivity index (χ3n) is 2.23. The van der Waals surface area contributed by atoms with Gasteiger partial charge in [-0.25, -0.2) is 4.98 Å². The zero-order valence-corrected chi connectivity index (χ0v) is 13.3. The number of hydrogen-bond acceptors (Lipinski definition) is 2. The highest BCUT2D eigenvalue weighted by Crippen LogP contribution is 2.14. The van der Waals surface area contributed by atoms with Crippen molar-refractivity contribution in [2.24, 2.45) is 0 Å². The van der Waals surface area contributed by atoms with Crippen LogP contribution in [0.3, 0.4) is 0 Å². The standard InChI is InChI=1S/C12H17BrINO/c1-2-3-4-5-6-16-9-10-7-11(13)15-12(14)8-10/h7-8H,2-6,9H2,1H3. The molecular formula is C12H17BrINO. The molecule has 1 aromatic heterocycles. The van der Waals surface area contributed by atoms with Crippen molar-refractivity contribution in [2.75, 3.05) is 6.61 Å². The van der Waals surface area contributed by atoms with Crippen LogP contribution in [0.4, 0.5) is 0 Å². The van der Waals surface area contributed by atoms with Crippen LogP contribution in [0.25, 0.3) is 0 Å². The molecule has 1 aromatic rings. The summed E-state index contributed by atoms with van der Waals surface area (Å²) in [5.74, 6) is 0. The van der Waals surface area contributed by atoms with E-state index in [-0.39, 0.29) is 0 Å². The van der Waals surface area contributed by atoms with Crippen LogP contribution in [0.2, 0.25) is 0 Å². The van der Waals surface area contributed by atoms with E-state index in [0.29, 0.717) is 6.61 Å². The molecular weight excluding hydrogens is 381 g/mol. The number of rotatable bonds is 7. The van der Waals surface area contributed by atoms with Gasteiger partial charge >= 0.3 is 0 Å². The molecule has 0 atom stereocenters. The second-order valence-corrected chi connectivity index (χ2v) is 5.65. The normalized spacial score (nSPS) is 10.7. The maximum absolute atomic E-state index is 5.62. The van der Waals surface area contributed by atoms with Gasteiger partial charge in [0.1, 0.15) is 8.30 Å². The molecule has 0 aliphatic heterocycles. The molecule has 0 fully saturated rings. The average Bonchev–Trinajstić information content (AvgIpc) is 2.22. The van der Waals surface area contributed by atoms with E-state index >= 15 is 0 Å². The van der Waals surface area contributed by atoms with Crippen LogP contribution in [0.15, 0.2) is 16.7 Å². The van der Waals surface area contributed by atoms with Gasteiger partial charge in [0.25, 0.3) is 0 Å². The van der Waals surface area contributed by atoms with Gasteiger partial charge in [-0.1, -0.05) is 26.2 Å². The highest BCUT2D eigenvalue weighted by molar-refractivity contribution is 14.1. The predicted molar refractivity (Wildman–Crippen MR) is 78.5 cm³/mol. The Hall–Kier alpha value is 0.320. The Balaban J connectivity index is 2.21. The lowest BCUT2D eigenvalue weighted by molar-refractivity contribution is 0.116. The fourth-order valence-electron chi connectivity index (χ4n) is 1.42. The number of pyridine rings is 1. The van der Waals surface area contributed by atoms with Crippen molar-refractivity contribution in [3.8, 4) is 0 Å². The maximum Gasteiger partial charge on any atom is 0.107 e. The second kappa shape index (κ2) is 8.42. The van der Waals surface area contributed by atoms with E-state index in [9.17, 15) is 0 Å².